The van der Waals surface area contributed by atoms with E-state index < -0.39 is 17.5 Å². The minimum Gasteiger partial charge on any atom is -0.507 e. The Morgan fingerprint density at radius 3 is 2.08 bits per heavy atom. The summed E-state index contributed by atoms with van der Waals surface area (Å²) in [5, 5.41) is 13.6. The van der Waals surface area contributed by atoms with Crippen LogP contribution in [0.3, 0.4) is 0 Å². The van der Waals surface area contributed by atoms with E-state index in [-0.39, 0.29) is 36.3 Å². The number of hydrogen-bond donors (Lipinski definition) is 2. The zero-order valence-electron chi connectivity index (χ0n) is 14.3. The van der Waals surface area contributed by atoms with Crippen LogP contribution < -0.4 is 5.32 Å². The van der Waals surface area contributed by atoms with Gasteiger partial charge in [0.25, 0.3) is 0 Å². The van der Waals surface area contributed by atoms with E-state index in [2.05, 4.69) is 26.1 Å². The Labute approximate surface area is 167 Å². The zero-order valence-corrected chi connectivity index (χ0v) is 17.5. The fourth-order valence-electron chi connectivity index (χ4n) is 3.20. The van der Waals surface area contributed by atoms with Crippen LogP contribution in [0.4, 0.5) is 13.2 Å². The van der Waals surface area contributed by atoms with Crippen LogP contribution in [-0.4, -0.2) is 36.2 Å². The number of piperazine rings is 1. The lowest BCUT2D eigenvalue weighted by Crippen LogP contribution is -2.48. The Balaban J connectivity index is 0.00000288. The van der Waals surface area contributed by atoms with Crippen LogP contribution in [0.1, 0.15) is 37.9 Å². The molecule has 1 saturated heterocycles. The number of aromatic hydroxyl groups is 1. The van der Waals surface area contributed by atoms with Crippen molar-refractivity contribution in [2.24, 2.45) is 5.41 Å². The second-order valence-corrected chi connectivity index (χ2v) is 7.86. The average molecular weight is 468 g/mol. The van der Waals surface area contributed by atoms with Crippen LogP contribution in [0.15, 0.2) is 16.6 Å². The van der Waals surface area contributed by atoms with Crippen LogP contribution in [-0.2, 0) is 6.18 Å². The molecule has 2 rings (SSSR count). The topological polar surface area (TPSA) is 35.5 Å². The van der Waals surface area contributed by atoms with Crippen LogP contribution in [0.2, 0.25) is 0 Å². The quantitative estimate of drug-likeness (QED) is 0.641. The zero-order chi connectivity index (χ0) is 17.4. The molecule has 1 heterocycles. The van der Waals surface area contributed by atoms with Gasteiger partial charge in [-0.05, 0) is 17.5 Å². The minimum absolute atomic E-state index is 0. The van der Waals surface area contributed by atoms with Crippen molar-refractivity contribution in [3.8, 4) is 5.75 Å². The predicted octanol–water partition coefficient (Wildman–Crippen LogP) is 5.01. The van der Waals surface area contributed by atoms with E-state index in [1.165, 1.54) is 0 Å². The van der Waals surface area contributed by atoms with Gasteiger partial charge in [-0.1, -0.05) is 36.7 Å². The van der Waals surface area contributed by atoms with Crippen molar-refractivity contribution in [2.45, 2.75) is 33.0 Å². The SMILES string of the molecule is CC(C)(C)[C@@H](c1cc(Br)cc(C(F)(F)F)c1O)N1CCNCC1.Cl.Cl. The molecule has 0 radical (unpaired) electrons. The summed E-state index contributed by atoms with van der Waals surface area (Å²) in [6.07, 6.45) is -4.59. The van der Waals surface area contributed by atoms with Gasteiger partial charge in [-0.25, -0.2) is 0 Å². The molecular weight excluding hydrogens is 444 g/mol. The van der Waals surface area contributed by atoms with E-state index in [1.54, 1.807) is 6.07 Å². The van der Waals surface area contributed by atoms with Crippen molar-refractivity contribution in [3.63, 3.8) is 0 Å². The molecule has 0 spiro atoms. The molecule has 0 amide bonds. The molecule has 1 aromatic carbocycles. The highest BCUT2D eigenvalue weighted by atomic mass is 79.9. The molecule has 1 aliphatic heterocycles. The summed E-state index contributed by atoms with van der Waals surface area (Å²) in [5.41, 5.74) is -0.995. The molecule has 1 aromatic rings. The summed E-state index contributed by atoms with van der Waals surface area (Å²) in [5.74, 6) is -0.667. The number of nitrogens with zero attached hydrogens (tertiary/aromatic N) is 1. The molecule has 1 atom stereocenters. The number of halogens is 6. The third kappa shape index (κ3) is 5.89. The van der Waals surface area contributed by atoms with Gasteiger partial charge >= 0.3 is 6.18 Å². The highest BCUT2D eigenvalue weighted by Crippen LogP contribution is 2.47. The molecule has 146 valence electrons. The van der Waals surface area contributed by atoms with Gasteiger partial charge in [0.15, 0.2) is 0 Å². The average Bonchev–Trinajstić information content (AvgIpc) is 2.41. The molecule has 9 heteroatoms. The van der Waals surface area contributed by atoms with Crippen LogP contribution >= 0.6 is 40.7 Å². The monoisotopic (exact) mass is 466 g/mol. The summed E-state index contributed by atoms with van der Waals surface area (Å²) in [6, 6.07) is 2.22. The van der Waals surface area contributed by atoms with Crippen molar-refractivity contribution in [2.75, 3.05) is 26.2 Å². The maximum atomic E-state index is 13.2. The van der Waals surface area contributed by atoms with Crippen molar-refractivity contribution >= 4 is 40.7 Å². The van der Waals surface area contributed by atoms with Crippen molar-refractivity contribution in [3.05, 3.63) is 27.7 Å². The maximum Gasteiger partial charge on any atom is 0.420 e. The fourth-order valence-corrected chi connectivity index (χ4v) is 3.67. The van der Waals surface area contributed by atoms with Gasteiger partial charge in [-0.3, -0.25) is 4.90 Å². The molecule has 0 saturated carbocycles. The summed E-state index contributed by atoms with van der Waals surface area (Å²) in [6.45, 7) is 8.97. The summed E-state index contributed by atoms with van der Waals surface area (Å²) >= 11 is 3.16. The van der Waals surface area contributed by atoms with E-state index in [9.17, 15) is 18.3 Å². The predicted molar refractivity (Wildman–Crippen MR) is 102 cm³/mol. The van der Waals surface area contributed by atoms with Gasteiger partial charge in [0.05, 0.1) is 5.56 Å². The second kappa shape index (κ2) is 9.13. The largest absolute Gasteiger partial charge is 0.507 e. The van der Waals surface area contributed by atoms with Gasteiger partial charge in [-0.2, -0.15) is 13.2 Å². The molecule has 0 aliphatic carbocycles. The second-order valence-electron chi connectivity index (χ2n) is 6.94. The first-order chi connectivity index (χ1) is 10.5. The molecule has 1 aliphatic rings. The van der Waals surface area contributed by atoms with Crippen molar-refractivity contribution in [1.82, 2.24) is 10.2 Å². The van der Waals surface area contributed by atoms with Gasteiger partial charge in [0.2, 0.25) is 0 Å². The van der Waals surface area contributed by atoms with E-state index in [4.69, 9.17) is 0 Å². The highest BCUT2D eigenvalue weighted by molar-refractivity contribution is 9.10. The van der Waals surface area contributed by atoms with Crippen molar-refractivity contribution < 1.29 is 18.3 Å². The smallest absolute Gasteiger partial charge is 0.420 e. The molecule has 0 bridgehead atoms. The number of phenolic OH excluding ortho intramolecular Hbond substituents is 1. The van der Waals surface area contributed by atoms with E-state index >= 15 is 0 Å². The standard InChI is InChI=1S/C16H22BrF3N2O.2ClH/c1-15(2,3)14(22-6-4-21-5-7-22)11-8-10(17)9-12(13(11)23)16(18,19)20;;/h8-9,14,21,23H,4-7H2,1-3H3;2*1H/t14-;;/m1../s1. The van der Waals surface area contributed by atoms with Gasteiger partial charge in [0, 0.05) is 42.3 Å². The van der Waals surface area contributed by atoms with Gasteiger partial charge in [-0.15, -0.1) is 24.8 Å². The lowest BCUT2D eigenvalue weighted by atomic mass is 9.80. The summed E-state index contributed by atoms with van der Waals surface area (Å²) in [7, 11) is 0. The molecule has 1 fully saturated rings. The first kappa shape index (κ1) is 24.8. The fraction of sp³-hybridized carbons (Fsp3) is 0.625. The molecule has 0 aromatic heterocycles. The normalized spacial score (nSPS) is 17.4. The van der Waals surface area contributed by atoms with Gasteiger partial charge in [0.1, 0.15) is 5.75 Å². The Kier molecular flexibility index (Phi) is 9.05. The lowest BCUT2D eigenvalue weighted by molar-refractivity contribution is -0.139. The maximum absolute atomic E-state index is 13.2. The minimum atomic E-state index is -4.59. The first-order valence-corrected chi connectivity index (χ1v) is 8.35. The van der Waals surface area contributed by atoms with E-state index in [0.29, 0.717) is 10.0 Å². The lowest BCUT2D eigenvalue weighted by Gasteiger charge is -2.43. The third-order valence-corrected chi connectivity index (χ3v) is 4.50. The highest BCUT2D eigenvalue weighted by Gasteiger charge is 2.40. The molecule has 25 heavy (non-hydrogen) atoms. The number of phenols is 1. The number of alkyl halides is 3. The van der Waals surface area contributed by atoms with Crippen LogP contribution in [0.25, 0.3) is 0 Å². The summed E-state index contributed by atoms with van der Waals surface area (Å²) in [4.78, 5) is 2.14. The van der Waals surface area contributed by atoms with Crippen LogP contribution in [0, 0.1) is 5.41 Å². The molecule has 2 N–H and O–H groups in total. The molecular formula is C16H24BrCl2F3N2O. The first-order valence-electron chi connectivity index (χ1n) is 7.56. The van der Waals surface area contributed by atoms with Gasteiger partial charge < -0.3 is 10.4 Å². The third-order valence-electron chi connectivity index (χ3n) is 4.04. The Morgan fingerprint density at radius 1 is 1.12 bits per heavy atom. The summed E-state index contributed by atoms with van der Waals surface area (Å²) < 4.78 is 39.9. The van der Waals surface area contributed by atoms with Crippen molar-refractivity contribution in [1.29, 1.82) is 0 Å². The van der Waals surface area contributed by atoms with E-state index in [0.717, 1.165) is 32.2 Å². The number of benzene rings is 1. The number of hydrogen-bond acceptors (Lipinski definition) is 3. The molecule has 0 unspecified atom stereocenters. The Bertz CT molecular complexity index is 574. The number of nitrogens with one attached hydrogen (secondary N) is 1. The Hall–Kier alpha value is -0.210. The van der Waals surface area contributed by atoms with E-state index in [1.807, 2.05) is 20.8 Å². The number of rotatable bonds is 2. The molecule has 3 nitrogen and oxygen atoms in total. The Morgan fingerprint density at radius 2 is 1.64 bits per heavy atom. The van der Waals surface area contributed by atoms with Crippen LogP contribution in [0.5, 0.6) is 5.75 Å².